The molecule has 2 heterocycles. The third-order valence-electron chi connectivity index (χ3n) is 4.32. The molecule has 0 unspecified atom stereocenters. The number of nitrogens with one attached hydrogen (secondary N) is 2. The third kappa shape index (κ3) is 4.24. The molecule has 1 fully saturated rings. The molecular weight excluding hydrogens is 351 g/mol. The molecule has 0 saturated carbocycles. The summed E-state index contributed by atoms with van der Waals surface area (Å²) in [7, 11) is 0. The number of rotatable bonds is 3. The second-order valence-electron chi connectivity index (χ2n) is 6.12. The molecule has 0 bridgehead atoms. The lowest BCUT2D eigenvalue weighted by Gasteiger charge is -2.32. The Morgan fingerprint density at radius 2 is 2.08 bits per heavy atom. The fourth-order valence-corrected chi connectivity index (χ4v) is 2.97. The highest BCUT2D eigenvalue weighted by atomic mass is 19.4. The van der Waals surface area contributed by atoms with Crippen LogP contribution in [0.25, 0.3) is 0 Å². The van der Waals surface area contributed by atoms with Crippen LogP contribution in [-0.4, -0.2) is 44.3 Å². The average Bonchev–Trinajstić information content (AvgIpc) is 3.09. The maximum atomic E-state index is 12.4. The van der Waals surface area contributed by atoms with E-state index in [0.717, 1.165) is 18.4 Å². The number of aromatic hydroxyl groups is 1. The molecule has 7 nitrogen and oxygen atoms in total. The lowest BCUT2D eigenvalue weighted by molar-refractivity contribution is -0.144. The van der Waals surface area contributed by atoms with Crippen molar-refractivity contribution in [2.45, 2.75) is 31.5 Å². The molecule has 140 valence electrons. The van der Waals surface area contributed by atoms with Gasteiger partial charge in [-0.15, -0.1) is 5.10 Å². The van der Waals surface area contributed by atoms with Gasteiger partial charge in [-0.2, -0.15) is 13.2 Å². The number of carbonyl (C=O) groups excluding carboxylic acids is 1. The maximum absolute atomic E-state index is 12.4. The summed E-state index contributed by atoms with van der Waals surface area (Å²) in [6.45, 7) is 0.890. The van der Waals surface area contributed by atoms with Gasteiger partial charge in [0.05, 0.1) is 6.54 Å². The maximum Gasteiger partial charge on any atom is 0.453 e. The number of likely N-dealkylation sites (tertiary alicyclic amines) is 1. The second kappa shape index (κ2) is 7.22. The van der Waals surface area contributed by atoms with E-state index in [0.29, 0.717) is 13.1 Å². The second-order valence-corrected chi connectivity index (χ2v) is 6.12. The number of phenols is 1. The lowest BCUT2D eigenvalue weighted by atomic mass is 9.89. The quantitative estimate of drug-likeness (QED) is 0.775. The Balaban J connectivity index is 1.49. The summed E-state index contributed by atoms with van der Waals surface area (Å²) in [6, 6.07) is 6.71. The van der Waals surface area contributed by atoms with Crippen LogP contribution in [0.15, 0.2) is 24.3 Å². The molecule has 3 rings (SSSR count). The Morgan fingerprint density at radius 3 is 2.69 bits per heavy atom. The predicted octanol–water partition coefficient (Wildman–Crippen LogP) is 2.62. The van der Waals surface area contributed by atoms with Gasteiger partial charge in [0.15, 0.2) is 0 Å². The number of amides is 2. The zero-order valence-electron chi connectivity index (χ0n) is 13.8. The molecule has 1 saturated heterocycles. The summed E-state index contributed by atoms with van der Waals surface area (Å²) in [5.74, 6) is -0.836. The Morgan fingerprint density at radius 1 is 1.35 bits per heavy atom. The Labute approximate surface area is 147 Å². The molecule has 0 radical (unpaired) electrons. The molecule has 2 amide bonds. The van der Waals surface area contributed by atoms with Crippen molar-refractivity contribution in [1.29, 1.82) is 0 Å². The fraction of sp³-hybridized carbons (Fsp3) is 0.438. The van der Waals surface area contributed by atoms with Crippen molar-refractivity contribution in [3.05, 3.63) is 41.5 Å². The Bertz CT molecular complexity index is 769. The summed E-state index contributed by atoms with van der Waals surface area (Å²) in [5.41, 5.74) is 1.03. The summed E-state index contributed by atoms with van der Waals surface area (Å²) in [5, 5.41) is 17.3. The summed E-state index contributed by atoms with van der Waals surface area (Å²) < 4.78 is 37.3. The minimum absolute atomic E-state index is 0.0553. The van der Waals surface area contributed by atoms with Crippen LogP contribution in [0.4, 0.5) is 18.0 Å². The summed E-state index contributed by atoms with van der Waals surface area (Å²) in [4.78, 5) is 17.1. The number of H-pyrrole nitrogens is 1. The van der Waals surface area contributed by atoms with Crippen LogP contribution in [0.3, 0.4) is 0 Å². The monoisotopic (exact) mass is 369 g/mol. The normalized spacial score (nSPS) is 15.9. The van der Waals surface area contributed by atoms with Crippen LogP contribution in [0, 0.1) is 0 Å². The first kappa shape index (κ1) is 18.0. The van der Waals surface area contributed by atoms with Crippen molar-refractivity contribution in [3.63, 3.8) is 0 Å². The summed E-state index contributed by atoms with van der Waals surface area (Å²) >= 11 is 0. The van der Waals surface area contributed by atoms with E-state index >= 15 is 0 Å². The Kier molecular flexibility index (Phi) is 5.01. The number of hydrogen-bond acceptors (Lipinski definition) is 4. The number of aromatic nitrogens is 3. The lowest BCUT2D eigenvalue weighted by Crippen LogP contribution is -2.43. The fourth-order valence-electron chi connectivity index (χ4n) is 2.97. The number of nitrogens with zero attached hydrogens (tertiary/aromatic N) is 3. The van der Waals surface area contributed by atoms with Crippen molar-refractivity contribution in [1.82, 2.24) is 25.4 Å². The number of urea groups is 1. The van der Waals surface area contributed by atoms with Gasteiger partial charge in [0.1, 0.15) is 11.6 Å². The van der Waals surface area contributed by atoms with Gasteiger partial charge in [-0.05, 0) is 36.5 Å². The molecule has 0 spiro atoms. The van der Waals surface area contributed by atoms with E-state index in [-0.39, 0.29) is 30.1 Å². The van der Waals surface area contributed by atoms with Crippen molar-refractivity contribution in [3.8, 4) is 5.75 Å². The zero-order valence-corrected chi connectivity index (χ0v) is 13.8. The van der Waals surface area contributed by atoms with E-state index < -0.39 is 12.0 Å². The van der Waals surface area contributed by atoms with Crippen LogP contribution >= 0.6 is 0 Å². The average molecular weight is 369 g/mol. The van der Waals surface area contributed by atoms with Gasteiger partial charge in [0.2, 0.25) is 0 Å². The number of phenolic OH excluding ortho intramolecular Hbond substituents is 1. The highest BCUT2D eigenvalue weighted by molar-refractivity contribution is 5.74. The van der Waals surface area contributed by atoms with Gasteiger partial charge in [-0.1, -0.05) is 12.1 Å². The standard InChI is InChI=1S/C16H18F3N5O2/c17-16(18,19)14-21-13(22-23-14)9-20-15(26)24-6-4-10(5-7-24)11-2-1-3-12(25)8-11/h1-3,8,10,25H,4-7,9H2,(H,20,26)(H,21,22,23). The first-order valence-electron chi connectivity index (χ1n) is 8.13. The first-order valence-corrected chi connectivity index (χ1v) is 8.13. The molecule has 10 heteroatoms. The van der Waals surface area contributed by atoms with Crippen LogP contribution in [-0.2, 0) is 12.7 Å². The van der Waals surface area contributed by atoms with Gasteiger partial charge in [0, 0.05) is 13.1 Å². The molecule has 1 aromatic carbocycles. The van der Waals surface area contributed by atoms with E-state index in [1.165, 1.54) is 0 Å². The molecule has 26 heavy (non-hydrogen) atoms. The highest BCUT2D eigenvalue weighted by Crippen LogP contribution is 2.29. The largest absolute Gasteiger partial charge is 0.508 e. The number of aromatic amines is 1. The van der Waals surface area contributed by atoms with Crippen molar-refractivity contribution in [2.24, 2.45) is 0 Å². The molecule has 1 aliphatic rings. The number of carbonyl (C=O) groups is 1. The predicted molar refractivity (Wildman–Crippen MR) is 85.3 cm³/mol. The minimum Gasteiger partial charge on any atom is -0.508 e. The highest BCUT2D eigenvalue weighted by Gasteiger charge is 2.36. The number of piperidine rings is 1. The van der Waals surface area contributed by atoms with Crippen molar-refractivity contribution < 1.29 is 23.1 Å². The van der Waals surface area contributed by atoms with E-state index in [4.69, 9.17) is 0 Å². The third-order valence-corrected chi connectivity index (χ3v) is 4.32. The topological polar surface area (TPSA) is 94.1 Å². The van der Waals surface area contributed by atoms with Crippen LogP contribution < -0.4 is 5.32 Å². The number of halogens is 3. The van der Waals surface area contributed by atoms with E-state index in [1.807, 2.05) is 6.07 Å². The molecule has 0 atom stereocenters. The molecule has 0 aliphatic carbocycles. The van der Waals surface area contributed by atoms with Gasteiger partial charge in [-0.3, -0.25) is 5.10 Å². The number of benzene rings is 1. The smallest absolute Gasteiger partial charge is 0.453 e. The SMILES string of the molecule is O=C(NCc1nc(C(F)(F)F)n[nH]1)N1CCC(c2cccc(O)c2)CC1. The molecule has 2 aromatic rings. The number of alkyl halides is 3. The van der Waals surface area contributed by atoms with Crippen LogP contribution in [0.2, 0.25) is 0 Å². The zero-order chi connectivity index (χ0) is 18.7. The van der Waals surface area contributed by atoms with Crippen LogP contribution in [0.5, 0.6) is 5.75 Å². The van der Waals surface area contributed by atoms with Crippen molar-refractivity contribution >= 4 is 6.03 Å². The van der Waals surface area contributed by atoms with E-state index in [2.05, 4.69) is 20.5 Å². The minimum atomic E-state index is -4.62. The molecular formula is C16H18F3N5O2. The summed E-state index contributed by atoms with van der Waals surface area (Å²) in [6.07, 6.45) is -3.12. The van der Waals surface area contributed by atoms with Crippen molar-refractivity contribution in [2.75, 3.05) is 13.1 Å². The molecule has 3 N–H and O–H groups in total. The molecule has 1 aliphatic heterocycles. The van der Waals surface area contributed by atoms with Gasteiger partial charge in [-0.25, -0.2) is 9.78 Å². The Hall–Kier alpha value is -2.78. The van der Waals surface area contributed by atoms with Gasteiger partial charge in [0.25, 0.3) is 5.82 Å². The van der Waals surface area contributed by atoms with E-state index in [1.54, 1.807) is 23.1 Å². The van der Waals surface area contributed by atoms with Crippen LogP contribution in [0.1, 0.15) is 36.0 Å². The van der Waals surface area contributed by atoms with Gasteiger partial charge < -0.3 is 15.3 Å². The number of hydrogen-bond donors (Lipinski definition) is 3. The van der Waals surface area contributed by atoms with Gasteiger partial charge >= 0.3 is 12.2 Å². The first-order chi connectivity index (χ1) is 12.3. The molecule has 1 aromatic heterocycles. The van der Waals surface area contributed by atoms with E-state index in [9.17, 15) is 23.1 Å².